The lowest BCUT2D eigenvalue weighted by Gasteiger charge is -2.31. The molecule has 1 aliphatic carbocycles. The molecule has 2 heteroatoms. The van der Waals surface area contributed by atoms with Gasteiger partial charge in [-0.1, -0.05) is 6.08 Å². The van der Waals surface area contributed by atoms with Gasteiger partial charge in [-0.25, -0.2) is 0 Å². The van der Waals surface area contributed by atoms with Gasteiger partial charge in [-0.15, -0.1) is 6.58 Å². The number of allylic oxidation sites excluding steroid dienone is 1. The van der Waals surface area contributed by atoms with Crippen molar-refractivity contribution in [2.75, 3.05) is 13.2 Å². The standard InChI is InChI=1S/C12H22O2/c1-2-3-10-4-6-11(7-5-10)12(8-13)9-14/h2,10-14H,1,3-9H2. The molecule has 0 amide bonds. The molecule has 0 aromatic rings. The van der Waals surface area contributed by atoms with Crippen LogP contribution in [0.25, 0.3) is 0 Å². The first kappa shape index (κ1) is 11.7. The van der Waals surface area contributed by atoms with Crippen LogP contribution in [-0.2, 0) is 0 Å². The third kappa shape index (κ3) is 3.10. The highest BCUT2D eigenvalue weighted by molar-refractivity contribution is 4.81. The van der Waals surface area contributed by atoms with Gasteiger partial charge in [0.1, 0.15) is 0 Å². The molecule has 0 heterocycles. The number of aliphatic hydroxyl groups excluding tert-OH is 2. The highest BCUT2D eigenvalue weighted by atomic mass is 16.3. The van der Waals surface area contributed by atoms with Gasteiger partial charge in [-0.2, -0.15) is 0 Å². The zero-order chi connectivity index (χ0) is 10.4. The normalized spacial score (nSPS) is 27.9. The van der Waals surface area contributed by atoms with E-state index in [1.807, 2.05) is 6.08 Å². The van der Waals surface area contributed by atoms with Crippen LogP contribution in [0.5, 0.6) is 0 Å². The molecule has 0 aliphatic heterocycles. The molecule has 0 atom stereocenters. The fourth-order valence-corrected chi connectivity index (χ4v) is 2.49. The second kappa shape index (κ2) is 6.20. The third-order valence-corrected chi connectivity index (χ3v) is 3.53. The summed E-state index contributed by atoms with van der Waals surface area (Å²) in [4.78, 5) is 0. The van der Waals surface area contributed by atoms with Gasteiger partial charge < -0.3 is 10.2 Å². The Balaban J connectivity index is 2.30. The Morgan fingerprint density at radius 2 is 1.71 bits per heavy atom. The van der Waals surface area contributed by atoms with Gasteiger partial charge in [0.2, 0.25) is 0 Å². The summed E-state index contributed by atoms with van der Waals surface area (Å²) in [5, 5.41) is 18.1. The van der Waals surface area contributed by atoms with Gasteiger partial charge in [-0.3, -0.25) is 0 Å². The van der Waals surface area contributed by atoms with E-state index in [-0.39, 0.29) is 19.1 Å². The Morgan fingerprint density at radius 3 is 2.14 bits per heavy atom. The van der Waals surface area contributed by atoms with Crippen LogP contribution in [0.15, 0.2) is 12.7 Å². The summed E-state index contributed by atoms with van der Waals surface area (Å²) in [6, 6.07) is 0. The van der Waals surface area contributed by atoms with Crippen LogP contribution in [0, 0.1) is 17.8 Å². The van der Waals surface area contributed by atoms with Crippen LogP contribution >= 0.6 is 0 Å². The summed E-state index contributed by atoms with van der Waals surface area (Å²) >= 11 is 0. The molecule has 2 nitrogen and oxygen atoms in total. The molecule has 1 fully saturated rings. The van der Waals surface area contributed by atoms with E-state index in [0.29, 0.717) is 5.92 Å². The van der Waals surface area contributed by atoms with Crippen LogP contribution in [0.1, 0.15) is 32.1 Å². The quantitative estimate of drug-likeness (QED) is 0.663. The van der Waals surface area contributed by atoms with Crippen molar-refractivity contribution in [2.24, 2.45) is 17.8 Å². The van der Waals surface area contributed by atoms with Gasteiger partial charge in [0.05, 0.1) is 0 Å². The van der Waals surface area contributed by atoms with Crippen molar-refractivity contribution < 1.29 is 10.2 Å². The predicted octanol–water partition coefficient (Wildman–Crippen LogP) is 1.97. The van der Waals surface area contributed by atoms with E-state index in [2.05, 4.69) is 6.58 Å². The lowest BCUT2D eigenvalue weighted by Crippen LogP contribution is -2.26. The van der Waals surface area contributed by atoms with Crippen LogP contribution in [-0.4, -0.2) is 23.4 Å². The number of hydrogen-bond donors (Lipinski definition) is 2. The minimum absolute atomic E-state index is 0.111. The molecular formula is C12H22O2. The molecule has 2 N–H and O–H groups in total. The summed E-state index contributed by atoms with van der Waals surface area (Å²) in [7, 11) is 0. The van der Waals surface area contributed by atoms with Gasteiger partial charge in [0.25, 0.3) is 0 Å². The van der Waals surface area contributed by atoms with Crippen LogP contribution < -0.4 is 0 Å². The molecule has 1 aliphatic rings. The second-order valence-electron chi connectivity index (χ2n) is 4.43. The van der Waals surface area contributed by atoms with E-state index < -0.39 is 0 Å². The van der Waals surface area contributed by atoms with E-state index in [1.165, 1.54) is 12.8 Å². The molecule has 0 saturated heterocycles. The van der Waals surface area contributed by atoms with Gasteiger partial charge in [0.15, 0.2) is 0 Å². The zero-order valence-electron chi connectivity index (χ0n) is 8.86. The molecule has 0 bridgehead atoms. The third-order valence-electron chi connectivity index (χ3n) is 3.53. The van der Waals surface area contributed by atoms with Crippen molar-refractivity contribution in [1.29, 1.82) is 0 Å². The number of rotatable bonds is 5. The minimum atomic E-state index is 0.111. The summed E-state index contributed by atoms with van der Waals surface area (Å²) in [5.41, 5.74) is 0. The maximum absolute atomic E-state index is 9.07. The molecule has 0 aromatic carbocycles. The Kier molecular flexibility index (Phi) is 5.20. The molecular weight excluding hydrogens is 176 g/mol. The van der Waals surface area contributed by atoms with Crippen molar-refractivity contribution in [3.05, 3.63) is 12.7 Å². The zero-order valence-corrected chi connectivity index (χ0v) is 8.86. The second-order valence-corrected chi connectivity index (χ2v) is 4.43. The van der Waals surface area contributed by atoms with E-state index in [1.54, 1.807) is 0 Å². The highest BCUT2D eigenvalue weighted by Crippen LogP contribution is 2.34. The average Bonchev–Trinajstić information content (AvgIpc) is 2.23. The predicted molar refractivity (Wildman–Crippen MR) is 57.9 cm³/mol. The summed E-state index contributed by atoms with van der Waals surface area (Å²) in [6.07, 6.45) is 7.89. The molecule has 14 heavy (non-hydrogen) atoms. The van der Waals surface area contributed by atoms with Gasteiger partial charge in [0, 0.05) is 19.1 Å². The van der Waals surface area contributed by atoms with Gasteiger partial charge >= 0.3 is 0 Å². The lowest BCUT2D eigenvalue weighted by atomic mass is 9.75. The van der Waals surface area contributed by atoms with E-state index in [4.69, 9.17) is 10.2 Å². The molecule has 0 aromatic heterocycles. The minimum Gasteiger partial charge on any atom is -0.396 e. The number of hydrogen-bond acceptors (Lipinski definition) is 2. The van der Waals surface area contributed by atoms with E-state index >= 15 is 0 Å². The van der Waals surface area contributed by atoms with Gasteiger partial charge in [-0.05, 0) is 43.9 Å². The monoisotopic (exact) mass is 198 g/mol. The van der Waals surface area contributed by atoms with Crippen molar-refractivity contribution in [1.82, 2.24) is 0 Å². The van der Waals surface area contributed by atoms with Crippen LogP contribution in [0.2, 0.25) is 0 Å². The smallest absolute Gasteiger partial charge is 0.0483 e. The summed E-state index contributed by atoms with van der Waals surface area (Å²) in [5.74, 6) is 1.44. The molecule has 1 saturated carbocycles. The Labute approximate surface area is 86.6 Å². The Hall–Kier alpha value is -0.340. The first-order valence-corrected chi connectivity index (χ1v) is 5.64. The van der Waals surface area contributed by atoms with E-state index in [9.17, 15) is 0 Å². The molecule has 0 spiro atoms. The Morgan fingerprint density at radius 1 is 1.14 bits per heavy atom. The Bertz CT molecular complexity index is 156. The van der Waals surface area contributed by atoms with Crippen molar-refractivity contribution in [3.8, 4) is 0 Å². The summed E-state index contributed by atoms with van der Waals surface area (Å²) in [6.45, 7) is 4.03. The molecule has 0 unspecified atom stereocenters. The fraction of sp³-hybridized carbons (Fsp3) is 0.833. The molecule has 0 radical (unpaired) electrons. The number of aliphatic hydroxyl groups is 2. The van der Waals surface area contributed by atoms with Crippen LogP contribution in [0.3, 0.4) is 0 Å². The van der Waals surface area contributed by atoms with Crippen LogP contribution in [0.4, 0.5) is 0 Å². The van der Waals surface area contributed by atoms with E-state index in [0.717, 1.165) is 25.2 Å². The molecule has 1 rings (SSSR count). The maximum atomic E-state index is 9.07. The molecule has 82 valence electrons. The highest BCUT2D eigenvalue weighted by Gasteiger charge is 2.26. The van der Waals surface area contributed by atoms with Crippen molar-refractivity contribution in [3.63, 3.8) is 0 Å². The first-order chi connectivity index (χ1) is 6.81. The SMILES string of the molecule is C=CCC1CCC(C(CO)CO)CC1. The summed E-state index contributed by atoms with van der Waals surface area (Å²) < 4.78 is 0. The average molecular weight is 198 g/mol. The largest absolute Gasteiger partial charge is 0.396 e. The topological polar surface area (TPSA) is 40.5 Å². The fourth-order valence-electron chi connectivity index (χ4n) is 2.49. The van der Waals surface area contributed by atoms with Crippen molar-refractivity contribution >= 4 is 0 Å². The first-order valence-electron chi connectivity index (χ1n) is 5.64. The maximum Gasteiger partial charge on any atom is 0.0483 e. The van der Waals surface area contributed by atoms with Crippen molar-refractivity contribution in [2.45, 2.75) is 32.1 Å². The lowest BCUT2D eigenvalue weighted by molar-refractivity contribution is 0.0796.